The average Bonchev–Trinajstić information content (AvgIpc) is 2.88. The number of carbonyl (C=O) groups excluding carboxylic acids is 2. The van der Waals surface area contributed by atoms with Crippen LogP contribution in [0.25, 0.3) is 0 Å². The van der Waals surface area contributed by atoms with E-state index < -0.39 is 17.8 Å². The summed E-state index contributed by atoms with van der Waals surface area (Å²) in [5, 5.41) is 12.3. The summed E-state index contributed by atoms with van der Waals surface area (Å²) >= 11 is 0. The van der Waals surface area contributed by atoms with Crippen molar-refractivity contribution >= 4 is 23.5 Å². The molecule has 20 heavy (non-hydrogen) atoms. The van der Waals surface area contributed by atoms with Gasteiger partial charge in [-0.15, -0.1) is 10.2 Å². The molecule has 2 heterocycles. The lowest BCUT2D eigenvalue weighted by atomic mass is 10.1. The maximum Gasteiger partial charge on any atom is 0.248 e. The Morgan fingerprint density at radius 2 is 2.25 bits per heavy atom. The molecule has 0 fully saturated rings. The third-order valence-electron chi connectivity index (χ3n) is 2.97. The molecular weight excluding hydrogens is 265 g/mol. The quantitative estimate of drug-likeness (QED) is 0.853. The van der Waals surface area contributed by atoms with Crippen LogP contribution in [0.15, 0.2) is 30.6 Å². The minimum absolute atomic E-state index is 0.0503. The molecule has 0 bridgehead atoms. The van der Waals surface area contributed by atoms with E-state index in [2.05, 4.69) is 20.8 Å². The molecule has 8 heteroatoms. The van der Waals surface area contributed by atoms with Crippen LogP contribution in [0.5, 0.6) is 0 Å². The summed E-state index contributed by atoms with van der Waals surface area (Å²) in [6.45, 7) is 0. The molecule has 0 aliphatic carbocycles. The number of anilines is 2. The Morgan fingerprint density at radius 3 is 3.05 bits per heavy atom. The number of nitrogens with zero attached hydrogens (tertiary/aromatic N) is 3. The fourth-order valence-corrected chi connectivity index (χ4v) is 2.01. The molecule has 1 aromatic carbocycles. The number of hydrogen-bond acceptors (Lipinski definition) is 4. The van der Waals surface area contributed by atoms with E-state index in [-0.39, 0.29) is 24.0 Å². The maximum atomic E-state index is 13.5. The van der Waals surface area contributed by atoms with Crippen molar-refractivity contribution in [1.29, 1.82) is 0 Å². The van der Waals surface area contributed by atoms with Gasteiger partial charge >= 0.3 is 0 Å². The topological polar surface area (TPSA) is 88.9 Å². The molecule has 2 N–H and O–H groups in total. The Hall–Kier alpha value is -2.77. The predicted octanol–water partition coefficient (Wildman–Crippen LogP) is 0.939. The van der Waals surface area contributed by atoms with E-state index in [1.54, 1.807) is 6.07 Å². The molecule has 1 atom stereocenters. The van der Waals surface area contributed by atoms with Crippen LogP contribution in [0.2, 0.25) is 0 Å². The number of carbonyl (C=O) groups is 2. The van der Waals surface area contributed by atoms with Crippen molar-refractivity contribution < 1.29 is 14.0 Å². The van der Waals surface area contributed by atoms with E-state index in [9.17, 15) is 14.0 Å². The molecule has 2 amide bonds. The van der Waals surface area contributed by atoms with Crippen LogP contribution in [-0.4, -0.2) is 26.6 Å². The van der Waals surface area contributed by atoms with Crippen molar-refractivity contribution in [3.8, 4) is 0 Å². The number of rotatable bonds is 2. The van der Waals surface area contributed by atoms with Gasteiger partial charge in [-0.1, -0.05) is 12.1 Å². The van der Waals surface area contributed by atoms with Crippen molar-refractivity contribution in [3.63, 3.8) is 0 Å². The van der Waals surface area contributed by atoms with Crippen LogP contribution in [0, 0.1) is 5.82 Å². The van der Waals surface area contributed by atoms with Crippen molar-refractivity contribution in [2.45, 2.75) is 12.5 Å². The number of halogens is 1. The second-order valence-corrected chi connectivity index (χ2v) is 4.30. The number of aromatic nitrogens is 3. The Bertz CT molecular complexity index is 684. The van der Waals surface area contributed by atoms with Crippen molar-refractivity contribution in [2.75, 3.05) is 10.6 Å². The van der Waals surface area contributed by atoms with Gasteiger partial charge in [-0.2, -0.15) is 0 Å². The Kier molecular flexibility index (Phi) is 2.90. The monoisotopic (exact) mass is 275 g/mol. The van der Waals surface area contributed by atoms with Gasteiger partial charge in [0.1, 0.15) is 18.2 Å². The Balaban J connectivity index is 1.85. The third kappa shape index (κ3) is 2.11. The molecule has 0 saturated carbocycles. The summed E-state index contributed by atoms with van der Waals surface area (Å²) in [6, 6.07) is 5.03. The first-order valence-electron chi connectivity index (χ1n) is 5.90. The van der Waals surface area contributed by atoms with E-state index in [0.717, 1.165) is 0 Å². The van der Waals surface area contributed by atoms with Gasteiger partial charge in [0, 0.05) is 0 Å². The molecular formula is C12H10FN5O2. The van der Waals surface area contributed by atoms with Gasteiger partial charge < -0.3 is 5.32 Å². The first-order chi connectivity index (χ1) is 9.65. The molecule has 0 saturated heterocycles. The van der Waals surface area contributed by atoms with Gasteiger partial charge in [-0.05, 0) is 12.1 Å². The zero-order valence-electron chi connectivity index (χ0n) is 10.2. The lowest BCUT2D eigenvalue weighted by Crippen LogP contribution is -2.35. The Morgan fingerprint density at radius 1 is 1.45 bits per heavy atom. The summed E-state index contributed by atoms with van der Waals surface area (Å²) in [5.74, 6) is -1.16. The van der Waals surface area contributed by atoms with Gasteiger partial charge in [0.15, 0.2) is 0 Å². The van der Waals surface area contributed by atoms with Crippen LogP contribution < -0.4 is 10.6 Å². The van der Waals surface area contributed by atoms with Crippen LogP contribution in [-0.2, 0) is 9.59 Å². The van der Waals surface area contributed by atoms with Gasteiger partial charge in [0.2, 0.25) is 17.8 Å². The number of hydrogen-bond donors (Lipinski definition) is 2. The van der Waals surface area contributed by atoms with Crippen molar-refractivity contribution in [1.82, 2.24) is 14.8 Å². The van der Waals surface area contributed by atoms with Crippen LogP contribution >= 0.6 is 0 Å². The van der Waals surface area contributed by atoms with Gasteiger partial charge in [0.25, 0.3) is 0 Å². The summed E-state index contributed by atoms with van der Waals surface area (Å²) in [5.41, 5.74) is 0.0677. The zero-order valence-corrected chi connectivity index (χ0v) is 10.2. The molecule has 1 aliphatic heterocycles. The molecule has 7 nitrogen and oxygen atoms in total. The van der Waals surface area contributed by atoms with E-state index in [0.29, 0.717) is 0 Å². The molecule has 102 valence electrons. The smallest absolute Gasteiger partial charge is 0.248 e. The van der Waals surface area contributed by atoms with Gasteiger partial charge in [-0.25, -0.2) is 4.39 Å². The predicted molar refractivity (Wildman–Crippen MR) is 67.3 cm³/mol. The second kappa shape index (κ2) is 4.72. The standard InChI is InChI=1S/C12H10FN5O2/c13-7-3-1-2-4-8(7)15-11(20)9-5-10(19)16-12-17-14-6-18(9)12/h1-4,6,9H,5H2,(H,15,20)(H,16,17,19)/t9-/m1/s1. The zero-order chi connectivity index (χ0) is 14.1. The first kappa shape index (κ1) is 12.3. The number of fused-ring (bicyclic) bond motifs is 1. The largest absolute Gasteiger partial charge is 0.322 e. The normalized spacial score (nSPS) is 17.2. The Labute approximate surface area is 112 Å². The highest BCUT2D eigenvalue weighted by Crippen LogP contribution is 2.24. The number of nitrogens with one attached hydrogen (secondary N) is 2. The third-order valence-corrected chi connectivity index (χ3v) is 2.97. The van der Waals surface area contributed by atoms with E-state index in [4.69, 9.17) is 0 Å². The van der Waals surface area contributed by atoms with Crippen LogP contribution in [0.3, 0.4) is 0 Å². The number of para-hydroxylation sites is 1. The summed E-state index contributed by atoms with van der Waals surface area (Å²) in [6.07, 6.45) is 1.30. The molecule has 1 aromatic heterocycles. The summed E-state index contributed by atoms with van der Waals surface area (Å²) in [4.78, 5) is 23.7. The van der Waals surface area contributed by atoms with Crippen molar-refractivity contribution in [3.05, 3.63) is 36.4 Å². The number of amides is 2. The second-order valence-electron chi connectivity index (χ2n) is 4.30. The maximum absolute atomic E-state index is 13.5. The molecule has 2 aromatic rings. The minimum Gasteiger partial charge on any atom is -0.322 e. The highest BCUT2D eigenvalue weighted by Gasteiger charge is 2.31. The molecule has 3 rings (SSSR count). The molecule has 0 unspecified atom stereocenters. The van der Waals surface area contributed by atoms with Crippen LogP contribution in [0.1, 0.15) is 12.5 Å². The fraction of sp³-hybridized carbons (Fsp3) is 0.167. The lowest BCUT2D eigenvalue weighted by Gasteiger charge is -2.23. The van der Waals surface area contributed by atoms with Crippen LogP contribution in [0.4, 0.5) is 16.0 Å². The minimum atomic E-state index is -0.798. The summed E-state index contributed by atoms with van der Waals surface area (Å²) in [7, 11) is 0. The first-order valence-corrected chi connectivity index (χ1v) is 5.90. The lowest BCUT2D eigenvalue weighted by molar-refractivity contribution is -0.125. The highest BCUT2D eigenvalue weighted by atomic mass is 19.1. The van der Waals surface area contributed by atoms with E-state index >= 15 is 0 Å². The SMILES string of the molecule is O=C1C[C@H](C(=O)Nc2ccccc2F)n2cnnc2N1. The van der Waals surface area contributed by atoms with E-state index in [1.807, 2.05) is 0 Å². The van der Waals surface area contributed by atoms with Crippen molar-refractivity contribution in [2.24, 2.45) is 0 Å². The number of benzene rings is 1. The molecule has 0 radical (unpaired) electrons. The molecule has 1 aliphatic rings. The highest BCUT2D eigenvalue weighted by molar-refractivity contribution is 6.00. The fourth-order valence-electron chi connectivity index (χ4n) is 2.01. The average molecular weight is 275 g/mol. The van der Waals surface area contributed by atoms with E-state index in [1.165, 1.54) is 29.1 Å². The summed E-state index contributed by atoms with van der Waals surface area (Å²) < 4.78 is 14.9. The van der Waals surface area contributed by atoms with Gasteiger partial charge in [0.05, 0.1) is 12.1 Å². The van der Waals surface area contributed by atoms with Gasteiger partial charge in [-0.3, -0.25) is 19.5 Å². The molecule has 0 spiro atoms.